The highest BCUT2D eigenvalue weighted by atomic mass is 19.1. The molecule has 0 spiro atoms. The SMILES string of the molecule is CCC[C@H](N)C(=O)NCc1ccc(C)c(F)c1. The van der Waals surface area contributed by atoms with Gasteiger partial charge in [0, 0.05) is 6.54 Å². The van der Waals surface area contributed by atoms with Crippen molar-refractivity contribution in [2.24, 2.45) is 5.73 Å². The first-order valence-corrected chi connectivity index (χ1v) is 5.83. The molecule has 0 aliphatic heterocycles. The number of nitrogens with two attached hydrogens (primary N) is 1. The van der Waals surface area contributed by atoms with Crippen LogP contribution in [0.5, 0.6) is 0 Å². The Morgan fingerprint density at radius 2 is 2.24 bits per heavy atom. The van der Waals surface area contributed by atoms with Crippen LogP contribution in [0, 0.1) is 12.7 Å². The lowest BCUT2D eigenvalue weighted by Crippen LogP contribution is -2.40. The number of aryl methyl sites for hydroxylation is 1. The molecule has 0 saturated heterocycles. The number of benzene rings is 1. The highest BCUT2D eigenvalue weighted by Gasteiger charge is 2.11. The molecule has 0 fully saturated rings. The molecule has 3 nitrogen and oxygen atoms in total. The standard InChI is InChI=1S/C13H19FN2O/c1-3-4-12(15)13(17)16-8-10-6-5-9(2)11(14)7-10/h5-7,12H,3-4,8,15H2,1-2H3,(H,16,17)/t12-/m0/s1. The Kier molecular flexibility index (Phi) is 5.10. The number of nitrogens with one attached hydrogen (secondary N) is 1. The second-order valence-corrected chi connectivity index (χ2v) is 4.20. The van der Waals surface area contributed by atoms with E-state index < -0.39 is 6.04 Å². The molecule has 1 aromatic rings. The van der Waals surface area contributed by atoms with Crippen molar-refractivity contribution < 1.29 is 9.18 Å². The van der Waals surface area contributed by atoms with Crippen molar-refractivity contribution in [3.8, 4) is 0 Å². The van der Waals surface area contributed by atoms with Gasteiger partial charge in [0.05, 0.1) is 6.04 Å². The van der Waals surface area contributed by atoms with Crippen LogP contribution in [0.3, 0.4) is 0 Å². The first-order valence-electron chi connectivity index (χ1n) is 5.83. The lowest BCUT2D eigenvalue weighted by atomic mass is 10.1. The normalized spacial score (nSPS) is 12.2. The summed E-state index contributed by atoms with van der Waals surface area (Å²) in [6.45, 7) is 3.99. The van der Waals surface area contributed by atoms with Gasteiger partial charge >= 0.3 is 0 Å². The van der Waals surface area contributed by atoms with Gasteiger partial charge in [-0.1, -0.05) is 25.5 Å². The molecular weight excluding hydrogens is 219 g/mol. The van der Waals surface area contributed by atoms with Gasteiger partial charge < -0.3 is 11.1 Å². The van der Waals surface area contributed by atoms with E-state index in [1.807, 2.05) is 6.92 Å². The minimum absolute atomic E-state index is 0.187. The van der Waals surface area contributed by atoms with Gasteiger partial charge in [0.2, 0.25) is 5.91 Å². The predicted molar refractivity (Wildman–Crippen MR) is 65.9 cm³/mol. The van der Waals surface area contributed by atoms with E-state index in [0.29, 0.717) is 18.5 Å². The van der Waals surface area contributed by atoms with Crippen molar-refractivity contribution in [3.63, 3.8) is 0 Å². The van der Waals surface area contributed by atoms with Crippen LogP contribution in [-0.2, 0) is 11.3 Å². The van der Waals surface area contributed by atoms with E-state index in [-0.39, 0.29) is 11.7 Å². The smallest absolute Gasteiger partial charge is 0.237 e. The molecule has 0 radical (unpaired) electrons. The highest BCUT2D eigenvalue weighted by molar-refractivity contribution is 5.81. The van der Waals surface area contributed by atoms with E-state index in [2.05, 4.69) is 5.32 Å². The zero-order valence-corrected chi connectivity index (χ0v) is 10.3. The van der Waals surface area contributed by atoms with Crippen molar-refractivity contribution >= 4 is 5.91 Å². The summed E-state index contributed by atoms with van der Waals surface area (Å²) in [6.07, 6.45) is 1.53. The van der Waals surface area contributed by atoms with Crippen LogP contribution in [0.25, 0.3) is 0 Å². The second-order valence-electron chi connectivity index (χ2n) is 4.20. The molecule has 0 aromatic heterocycles. The minimum atomic E-state index is -0.477. The zero-order valence-electron chi connectivity index (χ0n) is 10.3. The van der Waals surface area contributed by atoms with Crippen LogP contribution in [0.4, 0.5) is 4.39 Å². The molecule has 1 amide bonds. The van der Waals surface area contributed by atoms with Crippen LogP contribution >= 0.6 is 0 Å². The lowest BCUT2D eigenvalue weighted by Gasteiger charge is -2.11. The van der Waals surface area contributed by atoms with Gasteiger partial charge in [-0.05, 0) is 30.5 Å². The molecule has 0 unspecified atom stereocenters. The molecule has 17 heavy (non-hydrogen) atoms. The summed E-state index contributed by atoms with van der Waals surface area (Å²) in [5, 5.41) is 2.70. The van der Waals surface area contributed by atoms with E-state index in [9.17, 15) is 9.18 Å². The van der Waals surface area contributed by atoms with Crippen molar-refractivity contribution in [1.29, 1.82) is 0 Å². The molecule has 1 atom stereocenters. The number of amides is 1. The Hall–Kier alpha value is -1.42. The topological polar surface area (TPSA) is 55.1 Å². The number of rotatable bonds is 5. The van der Waals surface area contributed by atoms with E-state index in [0.717, 1.165) is 12.0 Å². The molecule has 4 heteroatoms. The molecule has 0 heterocycles. The Balaban J connectivity index is 2.50. The van der Waals surface area contributed by atoms with E-state index in [1.165, 1.54) is 6.07 Å². The molecule has 1 aromatic carbocycles. The fourth-order valence-electron chi connectivity index (χ4n) is 1.51. The summed E-state index contributed by atoms with van der Waals surface area (Å²) >= 11 is 0. The Morgan fingerprint density at radius 3 is 2.82 bits per heavy atom. The summed E-state index contributed by atoms with van der Waals surface area (Å²) in [5.41, 5.74) is 7.00. The predicted octanol–water partition coefficient (Wildman–Crippen LogP) is 1.88. The summed E-state index contributed by atoms with van der Waals surface area (Å²) in [4.78, 5) is 11.5. The Bertz CT molecular complexity index is 393. The summed E-state index contributed by atoms with van der Waals surface area (Å²) in [7, 11) is 0. The first-order chi connectivity index (χ1) is 8.04. The zero-order chi connectivity index (χ0) is 12.8. The maximum Gasteiger partial charge on any atom is 0.237 e. The summed E-state index contributed by atoms with van der Waals surface area (Å²) in [5.74, 6) is -0.442. The van der Waals surface area contributed by atoms with Gasteiger partial charge in [0.1, 0.15) is 5.82 Å². The monoisotopic (exact) mass is 238 g/mol. The first kappa shape index (κ1) is 13.6. The van der Waals surface area contributed by atoms with Gasteiger partial charge in [-0.3, -0.25) is 4.79 Å². The van der Waals surface area contributed by atoms with Crippen molar-refractivity contribution in [2.45, 2.75) is 39.3 Å². The molecule has 0 saturated carbocycles. The Labute approximate surface area is 101 Å². The van der Waals surface area contributed by atoms with Crippen molar-refractivity contribution in [2.75, 3.05) is 0 Å². The van der Waals surface area contributed by atoms with Crippen LogP contribution < -0.4 is 11.1 Å². The number of halogens is 1. The van der Waals surface area contributed by atoms with Crippen LogP contribution in [0.1, 0.15) is 30.9 Å². The van der Waals surface area contributed by atoms with Crippen LogP contribution in [-0.4, -0.2) is 11.9 Å². The molecule has 3 N–H and O–H groups in total. The van der Waals surface area contributed by atoms with Gasteiger partial charge in [-0.2, -0.15) is 0 Å². The average molecular weight is 238 g/mol. The number of hydrogen-bond acceptors (Lipinski definition) is 2. The third-order valence-corrected chi connectivity index (χ3v) is 2.64. The summed E-state index contributed by atoms with van der Waals surface area (Å²) < 4.78 is 13.2. The van der Waals surface area contributed by atoms with E-state index >= 15 is 0 Å². The summed E-state index contributed by atoms with van der Waals surface area (Å²) in [6, 6.07) is 4.45. The molecule has 94 valence electrons. The van der Waals surface area contributed by atoms with E-state index in [1.54, 1.807) is 19.1 Å². The fourth-order valence-corrected chi connectivity index (χ4v) is 1.51. The molecule has 1 rings (SSSR count). The quantitative estimate of drug-likeness (QED) is 0.823. The maximum absolute atomic E-state index is 13.2. The third-order valence-electron chi connectivity index (χ3n) is 2.64. The second kappa shape index (κ2) is 6.35. The van der Waals surface area contributed by atoms with Gasteiger partial charge in [0.25, 0.3) is 0 Å². The lowest BCUT2D eigenvalue weighted by molar-refractivity contribution is -0.122. The third kappa shape index (κ3) is 4.15. The van der Waals surface area contributed by atoms with Crippen LogP contribution in [0.15, 0.2) is 18.2 Å². The van der Waals surface area contributed by atoms with E-state index in [4.69, 9.17) is 5.73 Å². The van der Waals surface area contributed by atoms with Gasteiger partial charge in [-0.25, -0.2) is 4.39 Å². The van der Waals surface area contributed by atoms with Gasteiger partial charge in [0.15, 0.2) is 0 Å². The molecule has 0 aliphatic rings. The van der Waals surface area contributed by atoms with Crippen molar-refractivity contribution in [3.05, 3.63) is 35.1 Å². The fraction of sp³-hybridized carbons (Fsp3) is 0.462. The number of carbonyl (C=O) groups is 1. The number of hydrogen-bond donors (Lipinski definition) is 2. The largest absolute Gasteiger partial charge is 0.351 e. The maximum atomic E-state index is 13.2. The minimum Gasteiger partial charge on any atom is -0.351 e. The molecule has 0 aliphatic carbocycles. The average Bonchev–Trinajstić information content (AvgIpc) is 2.30. The molecule has 0 bridgehead atoms. The number of carbonyl (C=O) groups excluding carboxylic acids is 1. The Morgan fingerprint density at radius 1 is 1.53 bits per heavy atom. The van der Waals surface area contributed by atoms with Crippen molar-refractivity contribution in [1.82, 2.24) is 5.32 Å². The van der Waals surface area contributed by atoms with Gasteiger partial charge in [-0.15, -0.1) is 0 Å². The van der Waals surface area contributed by atoms with Crippen LogP contribution in [0.2, 0.25) is 0 Å². The highest BCUT2D eigenvalue weighted by Crippen LogP contribution is 2.08. The molecular formula is C13H19FN2O.